The maximum Gasteiger partial charge on any atom is 0.224 e. The summed E-state index contributed by atoms with van der Waals surface area (Å²) in [6.07, 6.45) is 3.48. The van der Waals surface area contributed by atoms with Crippen LogP contribution in [0, 0.1) is 12.7 Å². The van der Waals surface area contributed by atoms with Crippen LogP contribution in [0.25, 0.3) is 0 Å². The van der Waals surface area contributed by atoms with E-state index in [2.05, 4.69) is 10.2 Å². The highest BCUT2D eigenvalue weighted by atomic mass is 19.1. The van der Waals surface area contributed by atoms with Gasteiger partial charge in [0.1, 0.15) is 5.82 Å². The van der Waals surface area contributed by atoms with Gasteiger partial charge in [-0.2, -0.15) is 0 Å². The van der Waals surface area contributed by atoms with E-state index in [0.717, 1.165) is 42.9 Å². The lowest BCUT2D eigenvalue weighted by molar-refractivity contribution is -0.116. The van der Waals surface area contributed by atoms with Crippen molar-refractivity contribution in [3.63, 3.8) is 0 Å². The highest BCUT2D eigenvalue weighted by Gasteiger charge is 2.19. The van der Waals surface area contributed by atoms with Gasteiger partial charge in [0.2, 0.25) is 5.91 Å². The maximum atomic E-state index is 13.3. The number of hydrogen-bond donors (Lipinski definition) is 1. The number of halogens is 1. The number of anilines is 2. The summed E-state index contributed by atoms with van der Waals surface area (Å²) in [7, 11) is 1.76. The number of carbonyl (C=O) groups is 1. The fourth-order valence-corrected chi connectivity index (χ4v) is 3.46. The van der Waals surface area contributed by atoms with Crippen LogP contribution < -0.4 is 10.2 Å². The van der Waals surface area contributed by atoms with Crippen molar-refractivity contribution in [2.75, 3.05) is 30.4 Å². The number of amides is 1. The number of methoxy groups -OCH3 is 1. The molecule has 1 aliphatic heterocycles. The van der Waals surface area contributed by atoms with E-state index in [1.807, 2.05) is 24.3 Å². The van der Waals surface area contributed by atoms with E-state index >= 15 is 0 Å². The molecule has 2 aromatic rings. The zero-order chi connectivity index (χ0) is 19.2. The van der Waals surface area contributed by atoms with Gasteiger partial charge in [0.05, 0.1) is 6.10 Å². The molecule has 1 unspecified atom stereocenters. The van der Waals surface area contributed by atoms with Crippen molar-refractivity contribution in [3.05, 3.63) is 59.4 Å². The predicted octanol–water partition coefficient (Wildman–Crippen LogP) is 4.32. The van der Waals surface area contributed by atoms with E-state index in [1.165, 1.54) is 6.07 Å². The molecule has 0 saturated carbocycles. The van der Waals surface area contributed by atoms with Gasteiger partial charge in [0.15, 0.2) is 0 Å². The SMILES string of the molecule is COC1CCCN(c2ccc(NC(=O)CCc3ccc(F)c(C)c3)cc2)C1. The van der Waals surface area contributed by atoms with E-state index in [9.17, 15) is 9.18 Å². The Labute approximate surface area is 160 Å². The molecular formula is C22H27FN2O2. The van der Waals surface area contributed by atoms with Crippen molar-refractivity contribution in [1.29, 1.82) is 0 Å². The van der Waals surface area contributed by atoms with Gasteiger partial charge in [0, 0.05) is 38.0 Å². The molecule has 27 heavy (non-hydrogen) atoms. The Morgan fingerprint density at radius 3 is 2.74 bits per heavy atom. The molecule has 1 heterocycles. The molecule has 0 radical (unpaired) electrons. The van der Waals surface area contributed by atoms with Crippen LogP contribution in [0.3, 0.4) is 0 Å². The molecule has 4 nitrogen and oxygen atoms in total. The highest BCUT2D eigenvalue weighted by molar-refractivity contribution is 5.91. The van der Waals surface area contributed by atoms with Gasteiger partial charge in [-0.05, 0) is 67.6 Å². The second-order valence-electron chi connectivity index (χ2n) is 7.12. The second-order valence-corrected chi connectivity index (χ2v) is 7.12. The Morgan fingerprint density at radius 1 is 1.26 bits per heavy atom. The number of nitrogens with zero attached hydrogens (tertiary/aromatic N) is 1. The van der Waals surface area contributed by atoms with Crippen LogP contribution in [0.1, 0.15) is 30.4 Å². The number of ether oxygens (including phenoxy) is 1. The Kier molecular flexibility index (Phi) is 6.45. The molecule has 0 spiro atoms. The fraction of sp³-hybridized carbons (Fsp3) is 0.409. The van der Waals surface area contributed by atoms with Gasteiger partial charge in [0.25, 0.3) is 0 Å². The lowest BCUT2D eigenvalue weighted by atomic mass is 10.1. The minimum Gasteiger partial charge on any atom is -0.380 e. The Balaban J connectivity index is 1.51. The Morgan fingerprint density at radius 2 is 2.04 bits per heavy atom. The van der Waals surface area contributed by atoms with Crippen LogP contribution >= 0.6 is 0 Å². The number of benzene rings is 2. The van der Waals surface area contributed by atoms with Crippen LogP contribution in [0.15, 0.2) is 42.5 Å². The summed E-state index contributed by atoms with van der Waals surface area (Å²) in [5, 5.41) is 2.93. The number of hydrogen-bond acceptors (Lipinski definition) is 3. The zero-order valence-corrected chi connectivity index (χ0v) is 16.0. The Hall–Kier alpha value is -2.40. The van der Waals surface area contributed by atoms with Crippen molar-refractivity contribution in [2.45, 2.75) is 38.7 Å². The third-order valence-electron chi connectivity index (χ3n) is 5.09. The van der Waals surface area contributed by atoms with E-state index < -0.39 is 0 Å². The molecule has 1 aliphatic rings. The summed E-state index contributed by atoms with van der Waals surface area (Å²) in [4.78, 5) is 14.5. The van der Waals surface area contributed by atoms with Crippen molar-refractivity contribution in [3.8, 4) is 0 Å². The summed E-state index contributed by atoms with van der Waals surface area (Å²) in [5.41, 5.74) is 3.52. The topological polar surface area (TPSA) is 41.6 Å². The van der Waals surface area contributed by atoms with Crippen LogP contribution in [0.5, 0.6) is 0 Å². The quantitative estimate of drug-likeness (QED) is 0.823. The molecule has 1 fully saturated rings. The number of carbonyl (C=O) groups excluding carboxylic acids is 1. The number of nitrogens with one attached hydrogen (secondary N) is 1. The standard InChI is InChI=1S/C22H27FN2O2/c1-16-14-17(5-11-21(16)23)6-12-22(26)24-18-7-9-19(10-8-18)25-13-3-4-20(15-25)27-2/h5,7-11,14,20H,3-4,6,12-13,15H2,1-2H3,(H,24,26). The van der Waals surface area contributed by atoms with Crippen LogP contribution in [0.4, 0.5) is 15.8 Å². The van der Waals surface area contributed by atoms with Gasteiger partial charge in [-0.25, -0.2) is 4.39 Å². The first-order chi connectivity index (χ1) is 13.0. The van der Waals surface area contributed by atoms with Crippen LogP contribution in [-0.2, 0) is 16.0 Å². The molecule has 5 heteroatoms. The first-order valence-electron chi connectivity index (χ1n) is 9.48. The minimum atomic E-state index is -0.214. The first kappa shape index (κ1) is 19.4. The van der Waals surface area contributed by atoms with Crippen LogP contribution in [-0.4, -0.2) is 32.2 Å². The number of piperidine rings is 1. The number of rotatable bonds is 6. The zero-order valence-electron chi connectivity index (χ0n) is 16.0. The molecule has 1 saturated heterocycles. The summed E-state index contributed by atoms with van der Waals surface area (Å²) >= 11 is 0. The third-order valence-corrected chi connectivity index (χ3v) is 5.09. The summed E-state index contributed by atoms with van der Waals surface area (Å²) < 4.78 is 18.8. The van der Waals surface area contributed by atoms with Gasteiger partial charge in [-0.1, -0.05) is 12.1 Å². The average Bonchev–Trinajstić information content (AvgIpc) is 2.69. The molecule has 2 aromatic carbocycles. The van der Waals surface area contributed by atoms with Gasteiger partial charge in [-0.15, -0.1) is 0 Å². The molecule has 3 rings (SSSR count). The van der Waals surface area contributed by atoms with E-state index in [1.54, 1.807) is 26.2 Å². The summed E-state index contributed by atoms with van der Waals surface area (Å²) in [6.45, 7) is 3.67. The summed E-state index contributed by atoms with van der Waals surface area (Å²) in [5.74, 6) is -0.254. The normalized spacial score (nSPS) is 17.0. The van der Waals surface area contributed by atoms with Gasteiger partial charge >= 0.3 is 0 Å². The fourth-order valence-electron chi connectivity index (χ4n) is 3.46. The highest BCUT2D eigenvalue weighted by Crippen LogP contribution is 2.23. The smallest absolute Gasteiger partial charge is 0.224 e. The van der Waals surface area contributed by atoms with Gasteiger partial charge in [-0.3, -0.25) is 4.79 Å². The van der Waals surface area contributed by atoms with E-state index in [4.69, 9.17) is 4.74 Å². The van der Waals surface area contributed by atoms with Gasteiger partial charge < -0.3 is 15.0 Å². The third kappa shape index (κ3) is 5.30. The monoisotopic (exact) mass is 370 g/mol. The molecular weight excluding hydrogens is 343 g/mol. The number of aryl methyl sites for hydroxylation is 2. The Bertz CT molecular complexity index is 776. The minimum absolute atomic E-state index is 0.0397. The van der Waals surface area contributed by atoms with Crippen LogP contribution in [0.2, 0.25) is 0 Å². The average molecular weight is 370 g/mol. The predicted molar refractivity (Wildman–Crippen MR) is 107 cm³/mol. The summed E-state index contributed by atoms with van der Waals surface area (Å²) in [6, 6.07) is 12.9. The lowest BCUT2D eigenvalue weighted by Crippen LogP contribution is -2.39. The maximum absolute atomic E-state index is 13.3. The van der Waals surface area contributed by atoms with Crippen molar-refractivity contribution in [2.24, 2.45) is 0 Å². The molecule has 0 aliphatic carbocycles. The molecule has 0 bridgehead atoms. The van der Waals surface area contributed by atoms with Crippen molar-refractivity contribution < 1.29 is 13.9 Å². The first-order valence-corrected chi connectivity index (χ1v) is 9.48. The largest absolute Gasteiger partial charge is 0.380 e. The van der Waals surface area contributed by atoms with Crippen molar-refractivity contribution in [1.82, 2.24) is 0 Å². The van der Waals surface area contributed by atoms with E-state index in [0.29, 0.717) is 18.4 Å². The lowest BCUT2D eigenvalue weighted by Gasteiger charge is -2.33. The molecule has 144 valence electrons. The second kappa shape index (κ2) is 9.00. The molecule has 0 aromatic heterocycles. The molecule has 1 atom stereocenters. The molecule has 1 amide bonds. The molecule has 1 N–H and O–H groups in total. The van der Waals surface area contributed by atoms with Crippen molar-refractivity contribution >= 4 is 17.3 Å². The van der Waals surface area contributed by atoms with E-state index in [-0.39, 0.29) is 17.8 Å².